The molecule has 0 aromatic rings. The number of carbonyl (C=O) groups excluding carboxylic acids is 1. The highest BCUT2D eigenvalue weighted by molar-refractivity contribution is 5.81. The van der Waals surface area contributed by atoms with Gasteiger partial charge in [0.1, 0.15) is 0 Å². The quantitative estimate of drug-likeness (QED) is 0.0538. The van der Waals surface area contributed by atoms with Gasteiger partial charge >= 0.3 is 5.97 Å². The fourth-order valence-electron chi connectivity index (χ4n) is 4.38. The van der Waals surface area contributed by atoms with Crippen molar-refractivity contribution in [1.82, 2.24) is 0 Å². The molecular weight excluding hydrogens is 426 g/mol. The fraction of sp³-hybridized carbons (Fsp3) is 0.897. The van der Waals surface area contributed by atoms with E-state index in [1.165, 1.54) is 148 Å². The zero-order chi connectivity index (χ0) is 25.9. The van der Waals surface area contributed by atoms with E-state index in [2.05, 4.69) is 37.2 Å². The van der Waals surface area contributed by atoms with E-state index in [9.17, 15) is 9.90 Å². The van der Waals surface area contributed by atoms with Gasteiger partial charge in [0.15, 0.2) is 0 Å². The highest BCUT2D eigenvalue weighted by Crippen LogP contribution is 2.19. The van der Waals surface area contributed by atoms with Gasteiger partial charge < -0.3 is 19.1 Å². The monoisotopic (exact) mass is 485 g/mol. The van der Waals surface area contributed by atoms with E-state index in [0.29, 0.717) is 0 Å². The van der Waals surface area contributed by atoms with E-state index in [0.717, 1.165) is 6.08 Å². The van der Waals surface area contributed by atoms with Crippen LogP contribution in [0.3, 0.4) is 0 Å². The molecule has 0 saturated heterocycles. The minimum atomic E-state index is -0.707. The van der Waals surface area contributed by atoms with Gasteiger partial charge in [-0.1, -0.05) is 79.1 Å². The van der Waals surface area contributed by atoms with Gasteiger partial charge in [0.05, 0.1) is 39.2 Å². The van der Waals surface area contributed by atoms with Gasteiger partial charge in [-0.05, 0) is 58.5 Å². The molecule has 0 aliphatic rings. The molecule has 0 aliphatic heterocycles. The summed E-state index contributed by atoms with van der Waals surface area (Å²) in [5.41, 5.74) is 0. The molecule has 204 valence electrons. The highest BCUT2D eigenvalue weighted by atomic mass is 16.6. The van der Waals surface area contributed by atoms with Crippen LogP contribution in [-0.2, 0) is 14.3 Å². The maximum atomic E-state index is 10.2. The molecule has 5 heteroatoms. The standard InChI is InChI=1S/C24H52N.C5H8O4/c1-5-9-13-17-21-25(22-18-14-10-6-2,23-19-15-11-7-3)24-20-16-12-8-4;1-8-4(6)3-5(7)9-2/h5-24H2,1-4H3;3,6H,1-2H3/q+1;/p-1/b;4-3+. The van der Waals surface area contributed by atoms with Crippen LogP contribution in [0.4, 0.5) is 0 Å². The van der Waals surface area contributed by atoms with Gasteiger partial charge in [-0.2, -0.15) is 0 Å². The predicted octanol–water partition coefficient (Wildman–Crippen LogP) is 7.13. The third kappa shape index (κ3) is 22.6. The first-order valence-electron chi connectivity index (χ1n) is 14.3. The number of carbonyl (C=O) groups is 1. The van der Waals surface area contributed by atoms with Crippen LogP contribution in [-0.4, -0.2) is 50.9 Å². The molecule has 0 radical (unpaired) electrons. The molecule has 0 saturated carbocycles. The van der Waals surface area contributed by atoms with Gasteiger partial charge in [-0.3, -0.25) is 0 Å². The molecule has 0 spiro atoms. The van der Waals surface area contributed by atoms with E-state index < -0.39 is 11.9 Å². The second kappa shape index (κ2) is 26.4. The minimum absolute atomic E-state index is 0.707. The second-order valence-corrected chi connectivity index (χ2v) is 9.67. The maximum Gasteiger partial charge on any atom is 0.332 e. The van der Waals surface area contributed by atoms with E-state index in [1.807, 2.05) is 0 Å². The molecule has 0 unspecified atom stereocenters. The van der Waals surface area contributed by atoms with Gasteiger partial charge in [-0.25, -0.2) is 4.79 Å². The van der Waals surface area contributed by atoms with Gasteiger partial charge in [0.25, 0.3) is 0 Å². The summed E-state index contributed by atoms with van der Waals surface area (Å²) < 4.78 is 9.71. The van der Waals surface area contributed by atoms with Crippen molar-refractivity contribution in [1.29, 1.82) is 0 Å². The summed E-state index contributed by atoms with van der Waals surface area (Å²) in [5, 5.41) is 10.2. The number of unbranched alkanes of at least 4 members (excludes halogenated alkanes) is 12. The van der Waals surface area contributed by atoms with Gasteiger partial charge in [0, 0.05) is 6.08 Å². The summed E-state index contributed by atoms with van der Waals surface area (Å²) in [4.78, 5) is 10.2. The van der Waals surface area contributed by atoms with E-state index in [1.54, 1.807) is 0 Å². The predicted molar refractivity (Wildman–Crippen MR) is 143 cm³/mol. The molecule has 0 aliphatic carbocycles. The summed E-state index contributed by atoms with van der Waals surface area (Å²) in [6.45, 7) is 15.2. The largest absolute Gasteiger partial charge is 0.616 e. The number of nitrogens with zero attached hydrogens (tertiary/aromatic N) is 1. The lowest BCUT2D eigenvalue weighted by Gasteiger charge is -2.39. The Balaban J connectivity index is 0. The van der Waals surface area contributed by atoms with Crippen molar-refractivity contribution < 1.29 is 23.9 Å². The summed E-state index contributed by atoms with van der Waals surface area (Å²) in [7, 11) is 2.36. The Kier molecular flexibility index (Phi) is 27.1. The molecule has 0 N–H and O–H groups in total. The van der Waals surface area contributed by atoms with Crippen molar-refractivity contribution in [3.8, 4) is 0 Å². The van der Waals surface area contributed by atoms with Crippen LogP contribution < -0.4 is 5.11 Å². The Labute approximate surface area is 212 Å². The maximum absolute atomic E-state index is 10.2. The van der Waals surface area contributed by atoms with Gasteiger partial charge in [0.2, 0.25) is 0 Å². The van der Waals surface area contributed by atoms with Crippen LogP contribution in [0.1, 0.15) is 130 Å². The molecule has 34 heavy (non-hydrogen) atoms. The van der Waals surface area contributed by atoms with E-state index in [4.69, 9.17) is 0 Å². The zero-order valence-corrected chi connectivity index (χ0v) is 23.8. The molecule has 5 nitrogen and oxygen atoms in total. The Bertz CT molecular complexity index is 412. The highest BCUT2D eigenvalue weighted by Gasteiger charge is 2.25. The third-order valence-corrected chi connectivity index (χ3v) is 6.58. The molecule has 0 fully saturated rings. The Morgan fingerprint density at radius 1 is 0.588 bits per heavy atom. The van der Waals surface area contributed by atoms with Crippen LogP contribution in [0.2, 0.25) is 0 Å². The molecule has 0 aromatic carbocycles. The number of hydrogen-bond donors (Lipinski definition) is 0. The van der Waals surface area contributed by atoms with Crippen LogP contribution in [0.15, 0.2) is 12.0 Å². The van der Waals surface area contributed by atoms with E-state index >= 15 is 0 Å². The number of ether oxygens (including phenoxy) is 2. The lowest BCUT2D eigenvalue weighted by atomic mass is 10.1. The number of rotatable bonds is 22. The van der Waals surface area contributed by atoms with E-state index in [-0.39, 0.29) is 0 Å². The van der Waals surface area contributed by atoms with Crippen molar-refractivity contribution >= 4 is 5.97 Å². The van der Waals surface area contributed by atoms with Crippen molar-refractivity contribution in [2.75, 3.05) is 40.4 Å². The minimum Gasteiger partial charge on any atom is -0.616 e. The van der Waals surface area contributed by atoms with Crippen LogP contribution in [0.5, 0.6) is 0 Å². The summed E-state index contributed by atoms with van der Waals surface area (Å²) in [6.07, 6.45) is 23.6. The molecule has 0 aromatic heterocycles. The first-order chi connectivity index (χ1) is 16.4. The molecule has 0 amide bonds. The normalized spacial score (nSPS) is 11.6. The first kappa shape index (κ1) is 34.9. The number of esters is 1. The molecule has 0 atom stereocenters. The average molecular weight is 486 g/mol. The first-order valence-corrected chi connectivity index (χ1v) is 14.3. The Hall–Kier alpha value is -1.23. The van der Waals surface area contributed by atoms with Crippen molar-refractivity contribution in [3.63, 3.8) is 0 Å². The number of hydrogen-bond acceptors (Lipinski definition) is 4. The van der Waals surface area contributed by atoms with Crippen molar-refractivity contribution in [3.05, 3.63) is 12.0 Å². The zero-order valence-electron chi connectivity index (χ0n) is 23.8. The van der Waals surface area contributed by atoms with Crippen LogP contribution in [0, 0.1) is 0 Å². The molecule has 0 bridgehead atoms. The topological polar surface area (TPSA) is 58.6 Å². The third-order valence-electron chi connectivity index (χ3n) is 6.58. The fourth-order valence-corrected chi connectivity index (χ4v) is 4.38. The van der Waals surface area contributed by atoms with Crippen molar-refractivity contribution in [2.45, 2.75) is 130 Å². The Morgan fingerprint density at radius 3 is 1.15 bits per heavy atom. The van der Waals surface area contributed by atoms with Crippen molar-refractivity contribution in [2.24, 2.45) is 0 Å². The molecule has 0 rings (SSSR count). The van der Waals surface area contributed by atoms with Crippen LogP contribution >= 0.6 is 0 Å². The summed E-state index contributed by atoms with van der Waals surface area (Å²) >= 11 is 0. The molecule has 0 heterocycles. The summed E-state index contributed by atoms with van der Waals surface area (Å²) in [5.74, 6) is -1.41. The smallest absolute Gasteiger partial charge is 0.332 e. The Morgan fingerprint density at radius 2 is 0.912 bits per heavy atom. The van der Waals surface area contributed by atoms with Gasteiger partial charge in [-0.15, -0.1) is 0 Å². The lowest BCUT2D eigenvalue weighted by Crippen LogP contribution is -2.50. The lowest BCUT2D eigenvalue weighted by molar-refractivity contribution is -0.929. The summed E-state index contributed by atoms with van der Waals surface area (Å²) in [6, 6.07) is 0. The van der Waals surface area contributed by atoms with Crippen LogP contribution in [0.25, 0.3) is 0 Å². The second-order valence-electron chi connectivity index (χ2n) is 9.67. The SMILES string of the molecule is CCCCCC[N+](CCCCCC)(CCCCCC)CCCCCC.COC(=O)/C=C(\[O-])OC. The molecular formula is C29H59NO4. The number of methoxy groups -OCH3 is 2. The number of quaternary nitrogens is 1. The average Bonchev–Trinajstić information content (AvgIpc) is 2.85.